The van der Waals surface area contributed by atoms with Crippen LogP contribution < -0.4 is 15.4 Å². The third-order valence-electron chi connectivity index (χ3n) is 2.53. The Morgan fingerprint density at radius 1 is 1.39 bits per heavy atom. The molecular weight excluding hydrogens is 341 g/mol. The van der Waals surface area contributed by atoms with Gasteiger partial charge in [-0.25, -0.2) is 0 Å². The number of para-hydroxylation sites is 1. The van der Waals surface area contributed by atoms with Crippen molar-refractivity contribution < 1.29 is 4.74 Å². The van der Waals surface area contributed by atoms with Gasteiger partial charge in [0.2, 0.25) is 0 Å². The molecule has 0 saturated carbocycles. The summed E-state index contributed by atoms with van der Waals surface area (Å²) >= 11 is 0. The van der Waals surface area contributed by atoms with Crippen LogP contribution in [0.3, 0.4) is 0 Å². The lowest BCUT2D eigenvalue weighted by Crippen LogP contribution is -2.44. The van der Waals surface area contributed by atoms with Crippen LogP contribution in [0.25, 0.3) is 0 Å². The molecule has 0 amide bonds. The largest absolute Gasteiger partial charge is 0.489 e. The Morgan fingerprint density at radius 2 is 2.17 bits per heavy atom. The number of hydrogen-bond donors (Lipinski definition) is 2. The fraction of sp³-hybridized carbons (Fsp3) is 0.462. The first-order valence-corrected chi connectivity index (χ1v) is 6.08. The van der Waals surface area contributed by atoms with Crippen LogP contribution in [0.5, 0.6) is 5.75 Å². The first-order chi connectivity index (χ1) is 8.34. The molecule has 1 aromatic rings. The molecule has 100 valence electrons. The van der Waals surface area contributed by atoms with E-state index in [1.807, 2.05) is 37.3 Å². The standard InChI is InChI=1S/C13H19N3O.HI/c1-11(17-12-6-3-2-4-7-12)10-16-13-14-8-5-9-15-13;/h2-4,6-7,11H,5,8-10H2,1H3,(H2,14,15,16);1H. The fourth-order valence-corrected chi connectivity index (χ4v) is 1.66. The molecule has 0 saturated heterocycles. The van der Waals surface area contributed by atoms with Gasteiger partial charge in [-0.3, -0.25) is 4.99 Å². The molecule has 0 aromatic heterocycles. The smallest absolute Gasteiger partial charge is 0.191 e. The number of halogens is 1. The summed E-state index contributed by atoms with van der Waals surface area (Å²) in [4.78, 5) is 4.35. The lowest BCUT2D eigenvalue weighted by atomic mass is 10.3. The van der Waals surface area contributed by atoms with Crippen LogP contribution in [0.2, 0.25) is 0 Å². The molecule has 0 radical (unpaired) electrons. The van der Waals surface area contributed by atoms with Crippen molar-refractivity contribution in [2.24, 2.45) is 4.99 Å². The average molecular weight is 361 g/mol. The summed E-state index contributed by atoms with van der Waals surface area (Å²) in [6, 6.07) is 9.86. The highest BCUT2D eigenvalue weighted by atomic mass is 127. The number of benzene rings is 1. The fourth-order valence-electron chi connectivity index (χ4n) is 1.66. The van der Waals surface area contributed by atoms with Gasteiger partial charge in [0.05, 0.1) is 6.54 Å². The minimum atomic E-state index is 0. The Kier molecular flexibility index (Phi) is 6.85. The molecule has 5 heteroatoms. The number of ether oxygens (including phenoxy) is 1. The van der Waals surface area contributed by atoms with Gasteiger partial charge in [0.25, 0.3) is 0 Å². The summed E-state index contributed by atoms with van der Waals surface area (Å²) in [5.74, 6) is 1.79. The van der Waals surface area contributed by atoms with Crippen molar-refractivity contribution >= 4 is 29.9 Å². The van der Waals surface area contributed by atoms with Crippen molar-refractivity contribution in [3.05, 3.63) is 30.3 Å². The molecule has 1 atom stereocenters. The van der Waals surface area contributed by atoms with E-state index in [9.17, 15) is 0 Å². The SMILES string of the molecule is CC(CNC1=NCCCN1)Oc1ccccc1.I. The van der Waals surface area contributed by atoms with E-state index in [-0.39, 0.29) is 30.1 Å². The molecule has 1 aliphatic heterocycles. The quantitative estimate of drug-likeness (QED) is 0.807. The first-order valence-electron chi connectivity index (χ1n) is 6.08. The minimum Gasteiger partial charge on any atom is -0.489 e. The van der Waals surface area contributed by atoms with Gasteiger partial charge in [0.1, 0.15) is 11.9 Å². The monoisotopic (exact) mass is 361 g/mol. The molecule has 2 N–H and O–H groups in total. The van der Waals surface area contributed by atoms with Crippen LogP contribution in [0.15, 0.2) is 35.3 Å². The molecule has 0 spiro atoms. The highest BCUT2D eigenvalue weighted by Gasteiger charge is 2.07. The van der Waals surface area contributed by atoms with Gasteiger partial charge >= 0.3 is 0 Å². The lowest BCUT2D eigenvalue weighted by Gasteiger charge is -2.19. The average Bonchev–Trinajstić information content (AvgIpc) is 2.39. The van der Waals surface area contributed by atoms with E-state index in [2.05, 4.69) is 15.6 Å². The number of guanidine groups is 1. The van der Waals surface area contributed by atoms with E-state index < -0.39 is 0 Å². The summed E-state index contributed by atoms with van der Waals surface area (Å²) in [5, 5.41) is 6.48. The van der Waals surface area contributed by atoms with Gasteiger partial charge in [-0.05, 0) is 25.5 Å². The molecule has 1 aliphatic rings. The van der Waals surface area contributed by atoms with E-state index in [1.165, 1.54) is 0 Å². The molecule has 4 nitrogen and oxygen atoms in total. The van der Waals surface area contributed by atoms with Gasteiger partial charge in [-0.1, -0.05) is 18.2 Å². The van der Waals surface area contributed by atoms with Gasteiger partial charge in [-0.15, -0.1) is 24.0 Å². The Labute approximate surface area is 125 Å². The van der Waals surface area contributed by atoms with Gasteiger partial charge in [0, 0.05) is 13.1 Å². The van der Waals surface area contributed by atoms with Crippen molar-refractivity contribution in [3.63, 3.8) is 0 Å². The summed E-state index contributed by atoms with van der Waals surface area (Å²) in [6.07, 6.45) is 1.23. The highest BCUT2D eigenvalue weighted by Crippen LogP contribution is 2.10. The van der Waals surface area contributed by atoms with Crippen LogP contribution >= 0.6 is 24.0 Å². The third-order valence-corrected chi connectivity index (χ3v) is 2.53. The predicted molar refractivity (Wildman–Crippen MR) is 84.9 cm³/mol. The first kappa shape index (κ1) is 15.1. The zero-order chi connectivity index (χ0) is 11.9. The molecule has 0 bridgehead atoms. The molecule has 2 rings (SSSR count). The second kappa shape index (κ2) is 8.18. The van der Waals surface area contributed by atoms with E-state index in [4.69, 9.17) is 4.74 Å². The maximum Gasteiger partial charge on any atom is 0.191 e. The second-order valence-corrected chi connectivity index (χ2v) is 4.13. The number of hydrogen-bond acceptors (Lipinski definition) is 4. The van der Waals surface area contributed by atoms with E-state index in [0.29, 0.717) is 0 Å². The van der Waals surface area contributed by atoms with E-state index in [1.54, 1.807) is 0 Å². The topological polar surface area (TPSA) is 45.7 Å². The van der Waals surface area contributed by atoms with Gasteiger partial charge < -0.3 is 15.4 Å². The van der Waals surface area contributed by atoms with Crippen LogP contribution in [-0.2, 0) is 0 Å². The van der Waals surface area contributed by atoms with Crippen molar-refractivity contribution in [2.45, 2.75) is 19.4 Å². The van der Waals surface area contributed by atoms with Crippen molar-refractivity contribution in [2.75, 3.05) is 19.6 Å². The van der Waals surface area contributed by atoms with Gasteiger partial charge in [-0.2, -0.15) is 0 Å². The highest BCUT2D eigenvalue weighted by molar-refractivity contribution is 14.0. The molecule has 1 unspecified atom stereocenters. The predicted octanol–water partition coefficient (Wildman–Crippen LogP) is 2.01. The van der Waals surface area contributed by atoms with E-state index >= 15 is 0 Å². The Balaban J connectivity index is 0.00000162. The molecular formula is C13H20IN3O. The summed E-state index contributed by atoms with van der Waals surface area (Å²) in [7, 11) is 0. The van der Waals surface area contributed by atoms with Crippen molar-refractivity contribution in [1.29, 1.82) is 0 Å². The summed E-state index contributed by atoms with van der Waals surface area (Å²) < 4.78 is 5.76. The maximum absolute atomic E-state index is 5.76. The minimum absolute atomic E-state index is 0. The Bertz CT molecular complexity index is 370. The number of nitrogens with zero attached hydrogens (tertiary/aromatic N) is 1. The summed E-state index contributed by atoms with van der Waals surface area (Å²) in [6.45, 7) is 4.70. The molecule has 0 aliphatic carbocycles. The van der Waals surface area contributed by atoms with Crippen LogP contribution in [0.1, 0.15) is 13.3 Å². The van der Waals surface area contributed by atoms with Crippen LogP contribution in [0.4, 0.5) is 0 Å². The zero-order valence-electron chi connectivity index (χ0n) is 10.6. The van der Waals surface area contributed by atoms with Crippen molar-refractivity contribution in [1.82, 2.24) is 10.6 Å². The maximum atomic E-state index is 5.76. The zero-order valence-corrected chi connectivity index (χ0v) is 12.9. The Morgan fingerprint density at radius 3 is 2.83 bits per heavy atom. The summed E-state index contributed by atoms with van der Waals surface area (Å²) in [5.41, 5.74) is 0. The van der Waals surface area contributed by atoms with E-state index in [0.717, 1.165) is 37.8 Å². The normalized spacial score (nSPS) is 15.7. The number of nitrogens with one attached hydrogen (secondary N) is 2. The molecule has 18 heavy (non-hydrogen) atoms. The molecule has 1 heterocycles. The number of rotatable bonds is 4. The van der Waals surface area contributed by atoms with Crippen LogP contribution in [-0.4, -0.2) is 31.7 Å². The van der Waals surface area contributed by atoms with Crippen molar-refractivity contribution in [3.8, 4) is 5.75 Å². The second-order valence-electron chi connectivity index (χ2n) is 4.13. The number of aliphatic imine (C=N–C) groups is 1. The van der Waals surface area contributed by atoms with Gasteiger partial charge in [0.15, 0.2) is 5.96 Å². The lowest BCUT2D eigenvalue weighted by molar-refractivity contribution is 0.223. The van der Waals surface area contributed by atoms with Crippen LogP contribution in [0, 0.1) is 0 Å². The Hall–Kier alpha value is -0.980. The molecule has 0 fully saturated rings. The molecule has 1 aromatic carbocycles. The third kappa shape index (κ3) is 5.12.